The van der Waals surface area contributed by atoms with Gasteiger partial charge in [-0.25, -0.2) is 0 Å². The molecule has 1 aliphatic carbocycles. The lowest BCUT2D eigenvalue weighted by Crippen LogP contribution is -2.43. The zero-order chi connectivity index (χ0) is 21.4. The summed E-state index contributed by atoms with van der Waals surface area (Å²) in [5.41, 5.74) is 5.09. The molecule has 160 valence electrons. The predicted octanol–water partition coefficient (Wildman–Crippen LogP) is 3.84. The van der Waals surface area contributed by atoms with Gasteiger partial charge in [-0.05, 0) is 55.9 Å². The summed E-state index contributed by atoms with van der Waals surface area (Å²) in [7, 11) is 0. The van der Waals surface area contributed by atoms with Gasteiger partial charge in [0, 0.05) is 37.8 Å². The summed E-state index contributed by atoms with van der Waals surface area (Å²) >= 11 is 0. The minimum absolute atomic E-state index is 0.0224. The number of likely N-dealkylation sites (tertiary alicyclic amines) is 1. The Morgan fingerprint density at radius 2 is 1.77 bits per heavy atom. The van der Waals surface area contributed by atoms with Crippen LogP contribution >= 0.6 is 0 Å². The van der Waals surface area contributed by atoms with E-state index in [-0.39, 0.29) is 23.7 Å². The van der Waals surface area contributed by atoms with Crippen molar-refractivity contribution in [2.24, 2.45) is 0 Å². The third kappa shape index (κ3) is 3.78. The number of hydrogen-bond donors (Lipinski definition) is 0. The van der Waals surface area contributed by atoms with E-state index in [1.165, 1.54) is 11.1 Å². The number of aromatic nitrogens is 1. The Morgan fingerprint density at radius 1 is 0.968 bits per heavy atom. The van der Waals surface area contributed by atoms with Crippen LogP contribution < -0.4 is 0 Å². The van der Waals surface area contributed by atoms with E-state index >= 15 is 0 Å². The molecule has 0 saturated carbocycles. The molecule has 1 aromatic heterocycles. The molecule has 1 fully saturated rings. The molecule has 1 unspecified atom stereocenters. The number of carbonyl (C=O) groups excluding carboxylic acids is 2. The fraction of sp³-hybridized carbons (Fsp3) is 0.423. The Balaban J connectivity index is 1.28. The van der Waals surface area contributed by atoms with E-state index < -0.39 is 0 Å². The molecule has 3 heterocycles. The third-order valence-corrected chi connectivity index (χ3v) is 6.99. The summed E-state index contributed by atoms with van der Waals surface area (Å²) in [4.78, 5) is 35.0. The van der Waals surface area contributed by atoms with E-state index in [0.29, 0.717) is 6.54 Å². The summed E-state index contributed by atoms with van der Waals surface area (Å²) in [6.07, 6.45) is 7.67. The van der Waals surface area contributed by atoms with Gasteiger partial charge in [-0.2, -0.15) is 0 Å². The highest BCUT2D eigenvalue weighted by Gasteiger charge is 2.37. The van der Waals surface area contributed by atoms with E-state index in [2.05, 4.69) is 24.3 Å². The van der Waals surface area contributed by atoms with Gasteiger partial charge in [-0.15, -0.1) is 0 Å². The quantitative estimate of drug-likeness (QED) is 0.716. The highest BCUT2D eigenvalue weighted by atomic mass is 16.2. The maximum atomic E-state index is 13.2. The molecule has 2 amide bonds. The molecule has 2 aliphatic heterocycles. The minimum atomic E-state index is 0.0224. The smallest absolute Gasteiger partial charge is 0.256 e. The molecule has 5 rings (SSSR count). The van der Waals surface area contributed by atoms with E-state index in [9.17, 15) is 9.59 Å². The molecule has 0 N–H and O–H groups in total. The SMILES string of the molecule is Cc1ccc(C(=O)N2CC=CCC2)c(C2CCN(C(=O)C3Cc4ccccc43)CC2)n1. The Morgan fingerprint density at radius 3 is 2.52 bits per heavy atom. The first kappa shape index (κ1) is 20.0. The van der Waals surface area contributed by atoms with Crippen molar-refractivity contribution in [1.29, 1.82) is 0 Å². The molecule has 0 bridgehead atoms. The topological polar surface area (TPSA) is 53.5 Å². The van der Waals surface area contributed by atoms with Gasteiger partial charge in [0.05, 0.1) is 17.2 Å². The number of hydrogen-bond acceptors (Lipinski definition) is 3. The second-order valence-electron chi connectivity index (χ2n) is 8.95. The van der Waals surface area contributed by atoms with Crippen molar-refractivity contribution in [3.63, 3.8) is 0 Å². The minimum Gasteiger partial charge on any atom is -0.342 e. The summed E-state index contributed by atoms with van der Waals surface area (Å²) < 4.78 is 0. The van der Waals surface area contributed by atoms with Crippen LogP contribution in [0.4, 0.5) is 0 Å². The van der Waals surface area contributed by atoms with Gasteiger partial charge in [0.2, 0.25) is 5.91 Å². The lowest BCUT2D eigenvalue weighted by Gasteiger charge is -2.38. The number of pyridine rings is 1. The number of aryl methyl sites for hydroxylation is 1. The van der Waals surface area contributed by atoms with Gasteiger partial charge in [0.15, 0.2) is 0 Å². The largest absolute Gasteiger partial charge is 0.342 e. The molecule has 1 aromatic carbocycles. The van der Waals surface area contributed by atoms with Crippen molar-refractivity contribution in [2.75, 3.05) is 26.2 Å². The standard InChI is InChI=1S/C26H29N3O2/c1-18-9-10-22(25(30)28-13-5-2-6-14-28)24(27-18)19-11-15-29(16-12-19)26(31)23-17-20-7-3-4-8-21(20)23/h2-5,7-10,19,23H,6,11-17H2,1H3. The average molecular weight is 416 g/mol. The number of carbonyl (C=O) groups is 2. The van der Waals surface area contributed by atoms with Gasteiger partial charge in [0.25, 0.3) is 5.91 Å². The summed E-state index contributed by atoms with van der Waals surface area (Å²) in [5, 5.41) is 0. The monoisotopic (exact) mass is 415 g/mol. The predicted molar refractivity (Wildman–Crippen MR) is 120 cm³/mol. The van der Waals surface area contributed by atoms with Gasteiger partial charge < -0.3 is 9.80 Å². The molecular weight excluding hydrogens is 386 g/mol. The molecule has 5 heteroatoms. The molecular formula is C26H29N3O2. The maximum absolute atomic E-state index is 13.2. The average Bonchev–Trinajstić information content (AvgIpc) is 2.80. The first-order valence-electron chi connectivity index (χ1n) is 11.4. The second kappa shape index (κ2) is 8.29. The fourth-order valence-corrected chi connectivity index (χ4v) is 5.14. The van der Waals surface area contributed by atoms with Crippen LogP contribution in [-0.4, -0.2) is 52.8 Å². The van der Waals surface area contributed by atoms with Crippen molar-refractivity contribution in [3.05, 3.63) is 76.6 Å². The first-order chi connectivity index (χ1) is 15.1. The van der Waals surface area contributed by atoms with Gasteiger partial charge in [-0.3, -0.25) is 14.6 Å². The zero-order valence-corrected chi connectivity index (χ0v) is 18.1. The lowest BCUT2D eigenvalue weighted by atomic mass is 9.76. The van der Waals surface area contributed by atoms with Crippen molar-refractivity contribution in [3.8, 4) is 0 Å². The highest BCUT2D eigenvalue weighted by Crippen LogP contribution is 2.38. The van der Waals surface area contributed by atoms with Crippen molar-refractivity contribution in [2.45, 2.75) is 44.4 Å². The van der Waals surface area contributed by atoms with Crippen LogP contribution in [0.5, 0.6) is 0 Å². The Kier molecular flexibility index (Phi) is 5.34. The van der Waals surface area contributed by atoms with Crippen LogP contribution in [0.1, 0.15) is 64.0 Å². The Hall–Kier alpha value is -2.95. The molecule has 0 radical (unpaired) electrons. The number of amides is 2. The van der Waals surface area contributed by atoms with E-state index in [4.69, 9.17) is 4.98 Å². The highest BCUT2D eigenvalue weighted by molar-refractivity contribution is 5.95. The zero-order valence-electron chi connectivity index (χ0n) is 18.1. The van der Waals surface area contributed by atoms with E-state index in [0.717, 1.165) is 62.3 Å². The normalized spacial score (nSPS) is 20.9. The van der Waals surface area contributed by atoms with Gasteiger partial charge in [-0.1, -0.05) is 36.4 Å². The van der Waals surface area contributed by atoms with Gasteiger partial charge in [0.1, 0.15) is 0 Å². The third-order valence-electron chi connectivity index (χ3n) is 6.99. The van der Waals surface area contributed by atoms with Crippen LogP contribution in [-0.2, 0) is 11.2 Å². The number of fused-ring (bicyclic) bond motifs is 1. The molecule has 1 saturated heterocycles. The molecule has 2 aromatic rings. The Bertz CT molecular complexity index is 1040. The second-order valence-corrected chi connectivity index (χ2v) is 8.95. The molecule has 3 aliphatic rings. The fourth-order valence-electron chi connectivity index (χ4n) is 5.14. The summed E-state index contributed by atoms with van der Waals surface area (Å²) in [5.74, 6) is 0.577. The molecule has 0 spiro atoms. The van der Waals surface area contributed by atoms with Crippen molar-refractivity contribution in [1.82, 2.24) is 14.8 Å². The van der Waals surface area contributed by atoms with Crippen LogP contribution in [0.25, 0.3) is 0 Å². The number of piperidine rings is 1. The first-order valence-corrected chi connectivity index (χ1v) is 11.4. The van der Waals surface area contributed by atoms with Crippen LogP contribution in [0.2, 0.25) is 0 Å². The van der Waals surface area contributed by atoms with Gasteiger partial charge >= 0.3 is 0 Å². The Labute approximate surface area is 183 Å². The number of nitrogens with zero attached hydrogens (tertiary/aromatic N) is 3. The van der Waals surface area contributed by atoms with Crippen molar-refractivity contribution < 1.29 is 9.59 Å². The van der Waals surface area contributed by atoms with Crippen LogP contribution in [0.15, 0.2) is 48.6 Å². The summed E-state index contributed by atoms with van der Waals surface area (Å²) in [6, 6.07) is 12.1. The molecule has 5 nitrogen and oxygen atoms in total. The number of benzene rings is 1. The van der Waals surface area contributed by atoms with Crippen LogP contribution in [0, 0.1) is 6.92 Å². The van der Waals surface area contributed by atoms with Crippen molar-refractivity contribution >= 4 is 11.8 Å². The van der Waals surface area contributed by atoms with E-state index in [1.807, 2.05) is 41.0 Å². The lowest BCUT2D eigenvalue weighted by molar-refractivity contribution is -0.134. The van der Waals surface area contributed by atoms with E-state index in [1.54, 1.807) is 0 Å². The summed E-state index contributed by atoms with van der Waals surface area (Å²) in [6.45, 7) is 4.88. The molecule has 31 heavy (non-hydrogen) atoms. The van der Waals surface area contributed by atoms with Crippen LogP contribution in [0.3, 0.4) is 0 Å². The maximum Gasteiger partial charge on any atom is 0.256 e. The molecule has 1 atom stereocenters. The number of rotatable bonds is 3.